The van der Waals surface area contributed by atoms with Gasteiger partial charge in [0, 0.05) is 25.2 Å². The number of amides is 1. The lowest BCUT2D eigenvalue weighted by Crippen LogP contribution is -2.45. The Hall–Kier alpha value is -0.610. The summed E-state index contributed by atoms with van der Waals surface area (Å²) in [6.45, 7) is 3.53. The van der Waals surface area contributed by atoms with Crippen molar-refractivity contribution in [1.82, 2.24) is 10.6 Å². The Morgan fingerprint density at radius 3 is 2.47 bits per heavy atom. The summed E-state index contributed by atoms with van der Waals surface area (Å²) >= 11 is 0. The SMILES string of the molecule is O=C(NC1CCNCC1)C1CCOCC1. The Morgan fingerprint density at radius 2 is 1.80 bits per heavy atom. The fourth-order valence-corrected chi connectivity index (χ4v) is 2.25. The van der Waals surface area contributed by atoms with E-state index in [1.54, 1.807) is 0 Å². The molecule has 4 heteroatoms. The third-order valence-corrected chi connectivity index (χ3v) is 3.28. The fraction of sp³-hybridized carbons (Fsp3) is 0.909. The quantitative estimate of drug-likeness (QED) is 0.691. The highest BCUT2D eigenvalue weighted by molar-refractivity contribution is 5.79. The molecule has 2 fully saturated rings. The maximum absolute atomic E-state index is 11.9. The van der Waals surface area contributed by atoms with Gasteiger partial charge in [-0.25, -0.2) is 0 Å². The topological polar surface area (TPSA) is 50.4 Å². The highest BCUT2D eigenvalue weighted by atomic mass is 16.5. The van der Waals surface area contributed by atoms with E-state index in [9.17, 15) is 4.79 Å². The van der Waals surface area contributed by atoms with Crippen LogP contribution in [-0.2, 0) is 9.53 Å². The number of nitrogens with one attached hydrogen (secondary N) is 2. The molecular formula is C11H20N2O2. The highest BCUT2D eigenvalue weighted by Gasteiger charge is 2.24. The van der Waals surface area contributed by atoms with Gasteiger partial charge in [0.1, 0.15) is 0 Å². The molecule has 1 amide bonds. The van der Waals surface area contributed by atoms with Crippen LogP contribution in [0.4, 0.5) is 0 Å². The van der Waals surface area contributed by atoms with Crippen LogP contribution in [0.3, 0.4) is 0 Å². The van der Waals surface area contributed by atoms with Crippen molar-refractivity contribution in [2.24, 2.45) is 5.92 Å². The van der Waals surface area contributed by atoms with Gasteiger partial charge in [0.2, 0.25) is 5.91 Å². The summed E-state index contributed by atoms with van der Waals surface area (Å²) < 4.78 is 5.25. The molecule has 86 valence electrons. The average molecular weight is 212 g/mol. The number of ether oxygens (including phenoxy) is 1. The molecule has 2 aliphatic heterocycles. The maximum Gasteiger partial charge on any atom is 0.223 e. The third kappa shape index (κ3) is 3.18. The summed E-state index contributed by atoms with van der Waals surface area (Å²) in [6.07, 6.45) is 3.90. The van der Waals surface area contributed by atoms with Crippen molar-refractivity contribution in [2.45, 2.75) is 31.7 Å². The summed E-state index contributed by atoms with van der Waals surface area (Å²) in [6, 6.07) is 0.390. The molecule has 0 aromatic carbocycles. The first-order chi connectivity index (χ1) is 7.36. The molecule has 0 unspecified atom stereocenters. The molecule has 0 aromatic heterocycles. The lowest BCUT2D eigenvalue weighted by Gasteiger charge is -2.27. The van der Waals surface area contributed by atoms with Crippen LogP contribution < -0.4 is 10.6 Å². The van der Waals surface area contributed by atoms with E-state index in [-0.39, 0.29) is 11.8 Å². The molecule has 0 spiro atoms. The van der Waals surface area contributed by atoms with Crippen LogP contribution in [0.15, 0.2) is 0 Å². The number of carbonyl (C=O) groups is 1. The monoisotopic (exact) mass is 212 g/mol. The van der Waals surface area contributed by atoms with Gasteiger partial charge in [0.25, 0.3) is 0 Å². The summed E-state index contributed by atoms with van der Waals surface area (Å²) in [4.78, 5) is 11.9. The zero-order valence-corrected chi connectivity index (χ0v) is 9.13. The molecule has 0 aromatic rings. The van der Waals surface area contributed by atoms with E-state index in [1.807, 2.05) is 0 Å². The lowest BCUT2D eigenvalue weighted by molar-refractivity contribution is -0.128. The number of piperidine rings is 1. The van der Waals surface area contributed by atoms with Gasteiger partial charge in [0.05, 0.1) is 0 Å². The number of rotatable bonds is 2. The van der Waals surface area contributed by atoms with Gasteiger partial charge in [-0.1, -0.05) is 0 Å². The van der Waals surface area contributed by atoms with Gasteiger partial charge in [-0.05, 0) is 38.8 Å². The number of carbonyl (C=O) groups excluding carboxylic acids is 1. The van der Waals surface area contributed by atoms with Crippen molar-refractivity contribution in [3.63, 3.8) is 0 Å². The van der Waals surface area contributed by atoms with Crippen LogP contribution in [0.25, 0.3) is 0 Å². The van der Waals surface area contributed by atoms with Gasteiger partial charge in [-0.2, -0.15) is 0 Å². The molecule has 0 saturated carbocycles. The molecule has 2 saturated heterocycles. The summed E-state index contributed by atoms with van der Waals surface area (Å²) in [7, 11) is 0. The Balaban J connectivity index is 1.74. The van der Waals surface area contributed by atoms with Crippen LogP contribution in [0.1, 0.15) is 25.7 Å². The van der Waals surface area contributed by atoms with E-state index in [4.69, 9.17) is 4.74 Å². The molecule has 2 aliphatic rings. The van der Waals surface area contributed by atoms with E-state index in [1.165, 1.54) is 0 Å². The first kappa shape index (κ1) is 10.9. The molecule has 2 rings (SSSR count). The fourth-order valence-electron chi connectivity index (χ4n) is 2.25. The molecule has 4 nitrogen and oxygen atoms in total. The maximum atomic E-state index is 11.9. The number of hydrogen-bond acceptors (Lipinski definition) is 3. The smallest absolute Gasteiger partial charge is 0.223 e. The molecule has 0 radical (unpaired) electrons. The first-order valence-corrected chi connectivity index (χ1v) is 5.95. The third-order valence-electron chi connectivity index (χ3n) is 3.28. The lowest BCUT2D eigenvalue weighted by atomic mass is 9.98. The van der Waals surface area contributed by atoms with Crippen molar-refractivity contribution in [3.8, 4) is 0 Å². The van der Waals surface area contributed by atoms with Gasteiger partial charge in [-0.15, -0.1) is 0 Å². The van der Waals surface area contributed by atoms with Crippen molar-refractivity contribution in [3.05, 3.63) is 0 Å². The van der Waals surface area contributed by atoms with Crippen molar-refractivity contribution in [1.29, 1.82) is 0 Å². The second-order valence-corrected chi connectivity index (χ2v) is 4.42. The highest BCUT2D eigenvalue weighted by Crippen LogP contribution is 2.15. The van der Waals surface area contributed by atoms with Crippen molar-refractivity contribution < 1.29 is 9.53 Å². The molecule has 0 atom stereocenters. The Kier molecular flexibility index (Phi) is 3.97. The molecule has 15 heavy (non-hydrogen) atoms. The summed E-state index contributed by atoms with van der Waals surface area (Å²) in [5, 5.41) is 6.45. The molecule has 2 N–H and O–H groups in total. The van der Waals surface area contributed by atoms with E-state index >= 15 is 0 Å². The largest absolute Gasteiger partial charge is 0.381 e. The summed E-state index contributed by atoms with van der Waals surface area (Å²) in [5.74, 6) is 0.429. The first-order valence-electron chi connectivity index (χ1n) is 5.95. The van der Waals surface area contributed by atoms with Crippen LogP contribution >= 0.6 is 0 Å². The van der Waals surface area contributed by atoms with E-state index in [0.29, 0.717) is 6.04 Å². The van der Waals surface area contributed by atoms with E-state index in [2.05, 4.69) is 10.6 Å². The zero-order chi connectivity index (χ0) is 10.5. The van der Waals surface area contributed by atoms with Crippen LogP contribution in [0, 0.1) is 5.92 Å². The predicted octanol–water partition coefficient (Wildman–Crippen LogP) is 0.281. The van der Waals surface area contributed by atoms with E-state index in [0.717, 1.165) is 52.0 Å². The Morgan fingerprint density at radius 1 is 1.13 bits per heavy atom. The molecule has 2 heterocycles. The van der Waals surface area contributed by atoms with Gasteiger partial charge >= 0.3 is 0 Å². The average Bonchev–Trinajstić information content (AvgIpc) is 2.31. The Labute approximate surface area is 90.8 Å². The van der Waals surface area contributed by atoms with Crippen LogP contribution in [0.5, 0.6) is 0 Å². The van der Waals surface area contributed by atoms with Gasteiger partial charge in [-0.3, -0.25) is 4.79 Å². The summed E-state index contributed by atoms with van der Waals surface area (Å²) in [5.41, 5.74) is 0. The van der Waals surface area contributed by atoms with Crippen LogP contribution in [0.2, 0.25) is 0 Å². The molecular weight excluding hydrogens is 192 g/mol. The van der Waals surface area contributed by atoms with E-state index < -0.39 is 0 Å². The number of hydrogen-bond donors (Lipinski definition) is 2. The second kappa shape index (κ2) is 5.47. The molecule has 0 bridgehead atoms. The van der Waals surface area contributed by atoms with Crippen molar-refractivity contribution >= 4 is 5.91 Å². The van der Waals surface area contributed by atoms with Crippen LogP contribution in [-0.4, -0.2) is 38.3 Å². The Bertz CT molecular complexity index is 209. The standard InChI is InChI=1S/C11H20N2O2/c14-11(9-3-7-15-8-4-9)13-10-1-5-12-6-2-10/h9-10,12H,1-8H2,(H,13,14). The minimum absolute atomic E-state index is 0.189. The predicted molar refractivity (Wildman–Crippen MR) is 57.6 cm³/mol. The minimum atomic E-state index is 0.189. The minimum Gasteiger partial charge on any atom is -0.381 e. The second-order valence-electron chi connectivity index (χ2n) is 4.42. The van der Waals surface area contributed by atoms with Gasteiger partial charge < -0.3 is 15.4 Å². The zero-order valence-electron chi connectivity index (χ0n) is 9.13. The van der Waals surface area contributed by atoms with Gasteiger partial charge in [0.15, 0.2) is 0 Å². The van der Waals surface area contributed by atoms with Crippen molar-refractivity contribution in [2.75, 3.05) is 26.3 Å². The molecule has 0 aliphatic carbocycles. The normalized spacial score (nSPS) is 25.1.